The Hall–Kier alpha value is -4.65. The normalized spacial score (nSPS) is 14.5. The van der Waals surface area contributed by atoms with Crippen LogP contribution < -0.4 is 16.1 Å². The second kappa shape index (κ2) is 11.1. The maximum Gasteiger partial charge on any atom is 0.494 e. The van der Waals surface area contributed by atoms with Crippen LogP contribution >= 0.6 is 0 Å². The average Bonchev–Trinajstić information content (AvgIpc) is 3.59. The zero-order chi connectivity index (χ0) is 28.4. The summed E-state index contributed by atoms with van der Waals surface area (Å²) in [6, 6.07) is 18.7. The second-order valence-electron chi connectivity index (χ2n) is 10.0. The summed E-state index contributed by atoms with van der Waals surface area (Å²) in [6.45, 7) is 3.84. The molecular formula is C29H28BN7O4. The molecule has 0 saturated heterocycles. The summed E-state index contributed by atoms with van der Waals surface area (Å²) in [4.78, 5) is 13.4. The molecule has 5 aromatic rings. The molecule has 6 rings (SSSR count). The maximum atomic E-state index is 10.2. The van der Waals surface area contributed by atoms with Crippen LogP contribution in [-0.4, -0.2) is 51.1 Å². The van der Waals surface area contributed by atoms with Crippen LogP contribution in [0, 0.1) is 0 Å². The summed E-state index contributed by atoms with van der Waals surface area (Å²) in [5.74, 6) is 1.30. The van der Waals surface area contributed by atoms with Crippen LogP contribution in [0.15, 0.2) is 83.7 Å². The molecule has 0 amide bonds. The van der Waals surface area contributed by atoms with Gasteiger partial charge in [0, 0.05) is 31.4 Å². The van der Waals surface area contributed by atoms with E-state index in [-0.39, 0.29) is 12.5 Å². The summed E-state index contributed by atoms with van der Waals surface area (Å²) in [7, 11) is 1.21. The SMILES string of the molecule is COB1OC(C)(C)c2cc(Nc3ncc(-c4nnc(-c5cccnc5)o4)c(N[C@H](CO)c4ccccc4)n3)ccc21. The van der Waals surface area contributed by atoms with Gasteiger partial charge < -0.3 is 29.5 Å². The summed E-state index contributed by atoms with van der Waals surface area (Å²) in [6.07, 6.45) is 4.93. The number of nitrogens with one attached hydrogen (secondary N) is 2. The Morgan fingerprint density at radius 2 is 1.85 bits per heavy atom. The first-order valence-electron chi connectivity index (χ1n) is 13.1. The van der Waals surface area contributed by atoms with E-state index in [9.17, 15) is 5.11 Å². The van der Waals surface area contributed by atoms with Gasteiger partial charge in [0.1, 0.15) is 5.82 Å². The quantitative estimate of drug-likeness (QED) is 0.229. The third-order valence-corrected chi connectivity index (χ3v) is 6.88. The largest absolute Gasteiger partial charge is 0.494 e. The van der Waals surface area contributed by atoms with E-state index in [4.69, 9.17) is 18.7 Å². The first kappa shape index (κ1) is 26.6. The fourth-order valence-electron chi connectivity index (χ4n) is 4.79. The van der Waals surface area contributed by atoms with Crippen molar-refractivity contribution in [2.45, 2.75) is 25.5 Å². The lowest BCUT2D eigenvalue weighted by molar-refractivity contribution is 0.0930. The first-order chi connectivity index (χ1) is 19.9. The van der Waals surface area contributed by atoms with Gasteiger partial charge in [0.2, 0.25) is 11.8 Å². The van der Waals surface area contributed by atoms with Gasteiger partial charge in [0.05, 0.1) is 29.4 Å². The molecule has 0 unspecified atom stereocenters. The molecule has 41 heavy (non-hydrogen) atoms. The summed E-state index contributed by atoms with van der Waals surface area (Å²) in [5, 5.41) is 25.3. The monoisotopic (exact) mass is 549 g/mol. The Kier molecular flexibility index (Phi) is 7.18. The standard InChI is InChI=1S/C29H28BN7O4/c1-29(2)22-14-20(11-12-23(22)30(39-3)41-29)33-28-32-16-21(27-37-36-26(40-27)19-10-7-13-31-15-19)25(35-28)34-24(17-38)18-8-5-4-6-9-18/h4-16,24,38H,17H2,1-3H3,(H2,32,33,34,35)/t24-/m1/s1. The molecule has 0 aliphatic carbocycles. The molecule has 3 aromatic heterocycles. The van der Waals surface area contributed by atoms with Gasteiger partial charge in [-0.3, -0.25) is 4.98 Å². The van der Waals surface area contributed by atoms with Gasteiger partial charge in [-0.15, -0.1) is 10.2 Å². The number of hydrogen-bond acceptors (Lipinski definition) is 11. The molecule has 4 heterocycles. The molecule has 0 fully saturated rings. The van der Waals surface area contributed by atoms with Crippen molar-refractivity contribution < 1.29 is 18.8 Å². The molecule has 0 radical (unpaired) electrons. The number of fused-ring (bicyclic) bond motifs is 1. The molecule has 3 N–H and O–H groups in total. The molecule has 1 aliphatic rings. The Labute approximate surface area is 237 Å². The molecule has 1 aliphatic heterocycles. The number of aromatic nitrogens is 5. The van der Waals surface area contributed by atoms with E-state index < -0.39 is 18.8 Å². The van der Waals surface area contributed by atoms with Crippen LogP contribution in [-0.2, 0) is 14.9 Å². The van der Waals surface area contributed by atoms with E-state index in [2.05, 4.69) is 30.8 Å². The van der Waals surface area contributed by atoms with Crippen molar-refractivity contribution in [3.05, 3.63) is 90.4 Å². The zero-order valence-corrected chi connectivity index (χ0v) is 22.8. The predicted octanol–water partition coefficient (Wildman–Crippen LogP) is 4.08. The lowest BCUT2D eigenvalue weighted by Crippen LogP contribution is -2.31. The van der Waals surface area contributed by atoms with Gasteiger partial charge in [-0.1, -0.05) is 36.4 Å². The number of pyridine rings is 1. The summed E-state index contributed by atoms with van der Waals surface area (Å²) < 4.78 is 17.5. The second-order valence-corrected chi connectivity index (χ2v) is 10.0. The van der Waals surface area contributed by atoms with Crippen molar-refractivity contribution in [1.82, 2.24) is 25.1 Å². The minimum atomic E-state index is -0.515. The number of nitrogens with zero attached hydrogens (tertiary/aromatic N) is 5. The smallest absolute Gasteiger partial charge is 0.416 e. The third-order valence-electron chi connectivity index (χ3n) is 6.88. The molecular weight excluding hydrogens is 521 g/mol. The highest BCUT2D eigenvalue weighted by Gasteiger charge is 2.42. The number of rotatable bonds is 9. The van der Waals surface area contributed by atoms with Crippen molar-refractivity contribution in [3.8, 4) is 22.9 Å². The Morgan fingerprint density at radius 3 is 2.61 bits per heavy atom. The van der Waals surface area contributed by atoms with Crippen LogP contribution in [0.4, 0.5) is 17.5 Å². The molecule has 12 heteroatoms. The molecule has 2 aromatic carbocycles. The van der Waals surface area contributed by atoms with Crippen LogP contribution in [0.3, 0.4) is 0 Å². The summed E-state index contributed by atoms with van der Waals surface area (Å²) >= 11 is 0. The minimum Gasteiger partial charge on any atom is -0.416 e. The highest BCUT2D eigenvalue weighted by molar-refractivity contribution is 6.63. The van der Waals surface area contributed by atoms with Crippen LogP contribution in [0.1, 0.15) is 31.0 Å². The number of anilines is 3. The van der Waals surface area contributed by atoms with Gasteiger partial charge in [-0.2, -0.15) is 4.98 Å². The van der Waals surface area contributed by atoms with Crippen LogP contribution in [0.5, 0.6) is 0 Å². The zero-order valence-electron chi connectivity index (χ0n) is 22.8. The number of benzene rings is 2. The van der Waals surface area contributed by atoms with Crippen molar-refractivity contribution >= 4 is 30.0 Å². The fourth-order valence-corrected chi connectivity index (χ4v) is 4.79. The van der Waals surface area contributed by atoms with Gasteiger partial charge in [-0.05, 0) is 54.7 Å². The minimum absolute atomic E-state index is 0.165. The molecule has 0 bridgehead atoms. The summed E-state index contributed by atoms with van der Waals surface area (Å²) in [5.41, 5.74) is 4.34. The van der Waals surface area contributed by atoms with Crippen LogP contribution in [0.25, 0.3) is 22.9 Å². The Balaban J connectivity index is 1.35. The van der Waals surface area contributed by atoms with Gasteiger partial charge >= 0.3 is 7.12 Å². The van der Waals surface area contributed by atoms with E-state index in [0.29, 0.717) is 28.8 Å². The Morgan fingerprint density at radius 1 is 1.02 bits per heavy atom. The lowest BCUT2D eigenvalue weighted by Gasteiger charge is -2.21. The van der Waals surface area contributed by atoms with Gasteiger partial charge in [0.25, 0.3) is 5.89 Å². The van der Waals surface area contributed by atoms with E-state index in [0.717, 1.165) is 22.3 Å². The van der Waals surface area contributed by atoms with Crippen molar-refractivity contribution in [1.29, 1.82) is 0 Å². The molecule has 1 atom stereocenters. The Bertz CT molecular complexity index is 1650. The van der Waals surface area contributed by atoms with E-state index in [1.807, 2.05) is 68.4 Å². The van der Waals surface area contributed by atoms with Crippen molar-refractivity contribution in [3.63, 3.8) is 0 Å². The number of aliphatic hydroxyl groups excluding tert-OH is 1. The number of aliphatic hydroxyl groups is 1. The number of hydrogen-bond donors (Lipinski definition) is 3. The highest BCUT2D eigenvalue weighted by Crippen LogP contribution is 2.34. The van der Waals surface area contributed by atoms with Crippen molar-refractivity contribution in [2.24, 2.45) is 0 Å². The predicted molar refractivity (Wildman–Crippen MR) is 155 cm³/mol. The molecule has 11 nitrogen and oxygen atoms in total. The molecule has 0 saturated carbocycles. The lowest BCUT2D eigenvalue weighted by atomic mass is 9.77. The molecule has 206 valence electrons. The fraction of sp³-hybridized carbons (Fsp3) is 0.207. The topological polar surface area (TPSA) is 140 Å². The maximum absolute atomic E-state index is 10.2. The van der Waals surface area contributed by atoms with Crippen molar-refractivity contribution in [2.75, 3.05) is 24.4 Å². The molecule has 0 spiro atoms. The van der Waals surface area contributed by atoms with Gasteiger partial charge in [0.15, 0.2) is 0 Å². The van der Waals surface area contributed by atoms with E-state index in [1.54, 1.807) is 31.8 Å². The highest BCUT2D eigenvalue weighted by atomic mass is 16.6. The van der Waals surface area contributed by atoms with E-state index in [1.165, 1.54) is 0 Å². The van der Waals surface area contributed by atoms with Crippen LogP contribution in [0.2, 0.25) is 0 Å². The van der Waals surface area contributed by atoms with E-state index >= 15 is 0 Å². The first-order valence-corrected chi connectivity index (χ1v) is 13.1. The third kappa shape index (κ3) is 5.40. The van der Waals surface area contributed by atoms with Gasteiger partial charge in [-0.25, -0.2) is 4.98 Å². The average molecular weight is 549 g/mol.